The summed E-state index contributed by atoms with van der Waals surface area (Å²) in [5.74, 6) is 1.67. The maximum Gasteiger partial charge on any atom is 0.227 e. The lowest BCUT2D eigenvalue weighted by Crippen LogP contribution is -2.49. The average molecular weight is 328 g/mol. The predicted molar refractivity (Wildman–Crippen MR) is 93.0 cm³/mol. The van der Waals surface area contributed by atoms with Gasteiger partial charge in [0, 0.05) is 19.1 Å². The summed E-state index contributed by atoms with van der Waals surface area (Å²) in [5.41, 5.74) is 7.32. The van der Waals surface area contributed by atoms with E-state index in [0.717, 1.165) is 37.9 Å². The molecule has 4 heteroatoms. The van der Waals surface area contributed by atoms with Crippen molar-refractivity contribution >= 4 is 5.91 Å². The molecule has 5 atom stereocenters. The second-order valence-electron chi connectivity index (χ2n) is 7.95. The number of benzene rings is 1. The number of carbonyl (C=O) groups is 1. The van der Waals surface area contributed by atoms with Gasteiger partial charge >= 0.3 is 0 Å². The molecule has 5 unspecified atom stereocenters. The van der Waals surface area contributed by atoms with E-state index in [2.05, 4.69) is 0 Å². The van der Waals surface area contributed by atoms with Gasteiger partial charge in [-0.15, -0.1) is 0 Å². The zero-order valence-electron chi connectivity index (χ0n) is 14.2. The van der Waals surface area contributed by atoms with Gasteiger partial charge in [0.25, 0.3) is 0 Å². The molecule has 2 bridgehead atoms. The number of nitrogens with two attached hydrogens (primary N) is 1. The van der Waals surface area contributed by atoms with Crippen LogP contribution in [-0.4, -0.2) is 35.0 Å². The van der Waals surface area contributed by atoms with Crippen LogP contribution in [0.3, 0.4) is 0 Å². The van der Waals surface area contributed by atoms with E-state index in [4.69, 9.17) is 5.73 Å². The second kappa shape index (κ2) is 6.49. The Morgan fingerprint density at radius 3 is 2.38 bits per heavy atom. The molecule has 2 aliphatic carbocycles. The van der Waals surface area contributed by atoms with Crippen molar-refractivity contribution < 1.29 is 9.90 Å². The molecular formula is C20H28N2O2. The third-order valence-electron chi connectivity index (χ3n) is 6.70. The predicted octanol–water partition coefficient (Wildman–Crippen LogP) is 2.33. The molecule has 1 aromatic rings. The van der Waals surface area contributed by atoms with E-state index in [9.17, 15) is 9.90 Å². The van der Waals surface area contributed by atoms with Crippen molar-refractivity contribution in [1.29, 1.82) is 0 Å². The SMILES string of the molecule is NC1C2CCC(C2)C1C(=O)N1CCC(C(O)c2ccccc2)CC1. The van der Waals surface area contributed by atoms with Gasteiger partial charge in [-0.25, -0.2) is 0 Å². The smallest absolute Gasteiger partial charge is 0.227 e. The average Bonchev–Trinajstić information content (AvgIpc) is 3.23. The first-order chi connectivity index (χ1) is 11.6. The van der Waals surface area contributed by atoms with E-state index >= 15 is 0 Å². The summed E-state index contributed by atoms with van der Waals surface area (Å²) in [6, 6.07) is 9.94. The standard InChI is InChI=1S/C20H28N2O2/c21-18-16-7-6-15(12-16)17(18)20(24)22-10-8-14(9-11-22)19(23)13-4-2-1-3-5-13/h1-5,14-19,23H,6-12,21H2. The highest BCUT2D eigenvalue weighted by molar-refractivity contribution is 5.80. The van der Waals surface area contributed by atoms with E-state index in [1.807, 2.05) is 35.2 Å². The van der Waals surface area contributed by atoms with Crippen LogP contribution in [0, 0.1) is 23.7 Å². The zero-order valence-corrected chi connectivity index (χ0v) is 14.2. The van der Waals surface area contributed by atoms with Crippen LogP contribution < -0.4 is 5.73 Å². The van der Waals surface area contributed by atoms with Crippen molar-refractivity contribution in [2.75, 3.05) is 13.1 Å². The Kier molecular flexibility index (Phi) is 4.35. The summed E-state index contributed by atoms with van der Waals surface area (Å²) in [6.07, 6.45) is 4.86. The van der Waals surface area contributed by atoms with Gasteiger partial charge in [-0.3, -0.25) is 4.79 Å². The Labute approximate surface area is 144 Å². The zero-order chi connectivity index (χ0) is 16.7. The first-order valence-electron chi connectivity index (χ1n) is 9.42. The number of hydrogen-bond acceptors (Lipinski definition) is 3. The molecule has 1 aromatic carbocycles. The fourth-order valence-corrected chi connectivity index (χ4v) is 5.27. The van der Waals surface area contributed by atoms with Crippen LogP contribution in [-0.2, 0) is 4.79 Å². The molecule has 1 heterocycles. The van der Waals surface area contributed by atoms with Crippen molar-refractivity contribution in [3.63, 3.8) is 0 Å². The van der Waals surface area contributed by atoms with Gasteiger partial charge < -0.3 is 15.7 Å². The van der Waals surface area contributed by atoms with Crippen LogP contribution in [0.15, 0.2) is 30.3 Å². The Hall–Kier alpha value is -1.39. The molecule has 3 N–H and O–H groups in total. The summed E-state index contributed by atoms with van der Waals surface area (Å²) in [6.45, 7) is 1.52. The second-order valence-corrected chi connectivity index (χ2v) is 7.95. The molecule has 130 valence electrons. The maximum absolute atomic E-state index is 12.9. The monoisotopic (exact) mass is 328 g/mol. The first kappa shape index (κ1) is 16.1. The van der Waals surface area contributed by atoms with Gasteiger partial charge in [0.05, 0.1) is 12.0 Å². The summed E-state index contributed by atoms with van der Waals surface area (Å²) in [4.78, 5) is 14.9. The van der Waals surface area contributed by atoms with Crippen molar-refractivity contribution in [2.45, 2.75) is 44.2 Å². The lowest BCUT2D eigenvalue weighted by atomic mass is 9.82. The van der Waals surface area contributed by atoms with Gasteiger partial charge in [-0.1, -0.05) is 30.3 Å². The number of aliphatic hydroxyl groups is 1. The molecule has 4 rings (SSSR count). The number of fused-ring (bicyclic) bond motifs is 2. The highest BCUT2D eigenvalue weighted by Gasteiger charge is 2.50. The minimum absolute atomic E-state index is 0.0550. The Bertz CT molecular complexity index is 581. The number of piperidine rings is 1. The first-order valence-corrected chi connectivity index (χ1v) is 9.42. The summed E-state index contributed by atoms with van der Waals surface area (Å²) >= 11 is 0. The van der Waals surface area contributed by atoms with E-state index < -0.39 is 6.10 Å². The minimum Gasteiger partial charge on any atom is -0.388 e. The normalized spacial score (nSPS) is 34.5. The molecule has 0 radical (unpaired) electrons. The number of nitrogens with zero attached hydrogens (tertiary/aromatic N) is 1. The summed E-state index contributed by atoms with van der Waals surface area (Å²) in [5, 5.41) is 10.6. The number of rotatable bonds is 3. The van der Waals surface area contributed by atoms with Crippen LogP contribution in [0.5, 0.6) is 0 Å². The molecule has 4 nitrogen and oxygen atoms in total. The van der Waals surface area contributed by atoms with Crippen LogP contribution in [0.25, 0.3) is 0 Å². The molecule has 3 fully saturated rings. The fourth-order valence-electron chi connectivity index (χ4n) is 5.27. The number of hydrogen-bond donors (Lipinski definition) is 2. The lowest BCUT2D eigenvalue weighted by Gasteiger charge is -2.38. The van der Waals surface area contributed by atoms with Gasteiger partial charge in [-0.2, -0.15) is 0 Å². The van der Waals surface area contributed by atoms with Gasteiger partial charge in [0.1, 0.15) is 0 Å². The largest absolute Gasteiger partial charge is 0.388 e. The van der Waals surface area contributed by atoms with E-state index in [-0.39, 0.29) is 23.8 Å². The number of aliphatic hydroxyl groups excluding tert-OH is 1. The molecule has 1 saturated heterocycles. The molecule has 24 heavy (non-hydrogen) atoms. The van der Waals surface area contributed by atoms with Gasteiger partial charge in [0.15, 0.2) is 0 Å². The molecule has 3 aliphatic rings. The molecule has 1 aliphatic heterocycles. The summed E-state index contributed by atoms with van der Waals surface area (Å²) in [7, 11) is 0. The quantitative estimate of drug-likeness (QED) is 0.895. The molecule has 0 aromatic heterocycles. The molecule has 0 spiro atoms. The van der Waals surface area contributed by atoms with Crippen LogP contribution in [0.1, 0.15) is 43.8 Å². The third-order valence-corrected chi connectivity index (χ3v) is 6.70. The minimum atomic E-state index is -0.423. The van der Waals surface area contributed by atoms with Crippen LogP contribution in [0.4, 0.5) is 0 Å². The molecular weight excluding hydrogens is 300 g/mol. The highest BCUT2D eigenvalue weighted by atomic mass is 16.3. The van der Waals surface area contributed by atoms with Crippen molar-refractivity contribution in [3.8, 4) is 0 Å². The summed E-state index contributed by atoms with van der Waals surface area (Å²) < 4.78 is 0. The lowest BCUT2D eigenvalue weighted by molar-refractivity contribution is -0.139. The van der Waals surface area contributed by atoms with Crippen molar-refractivity contribution in [1.82, 2.24) is 4.90 Å². The van der Waals surface area contributed by atoms with Crippen LogP contribution >= 0.6 is 0 Å². The topological polar surface area (TPSA) is 66.6 Å². The number of amides is 1. The fraction of sp³-hybridized carbons (Fsp3) is 0.650. The van der Waals surface area contributed by atoms with E-state index in [1.165, 1.54) is 12.8 Å². The van der Waals surface area contributed by atoms with Gasteiger partial charge in [0.2, 0.25) is 5.91 Å². The molecule has 2 saturated carbocycles. The number of carbonyl (C=O) groups excluding carboxylic acids is 1. The van der Waals surface area contributed by atoms with E-state index in [0.29, 0.717) is 11.8 Å². The third kappa shape index (κ3) is 2.76. The Balaban J connectivity index is 1.35. The Morgan fingerprint density at radius 2 is 1.75 bits per heavy atom. The van der Waals surface area contributed by atoms with Crippen molar-refractivity contribution in [2.24, 2.45) is 29.4 Å². The molecule has 1 amide bonds. The Morgan fingerprint density at radius 1 is 1.08 bits per heavy atom. The van der Waals surface area contributed by atoms with Crippen molar-refractivity contribution in [3.05, 3.63) is 35.9 Å². The maximum atomic E-state index is 12.9. The van der Waals surface area contributed by atoms with E-state index in [1.54, 1.807) is 0 Å². The van der Waals surface area contributed by atoms with Crippen LogP contribution in [0.2, 0.25) is 0 Å². The van der Waals surface area contributed by atoms with Gasteiger partial charge in [-0.05, 0) is 55.4 Å². The highest BCUT2D eigenvalue weighted by Crippen LogP contribution is 2.48. The number of likely N-dealkylation sites (tertiary alicyclic amines) is 1.